The monoisotopic (exact) mass is 498 g/mol. The minimum atomic E-state index is 0. The van der Waals surface area contributed by atoms with E-state index >= 15 is 0 Å². The molecule has 0 N–H and O–H groups in total. The third-order valence-corrected chi connectivity index (χ3v) is 0. The molecule has 0 spiro atoms. The van der Waals surface area contributed by atoms with Crippen LogP contribution in [0.3, 0.4) is 0 Å². The van der Waals surface area contributed by atoms with E-state index in [1.54, 1.807) is 0 Å². The summed E-state index contributed by atoms with van der Waals surface area (Å²) in [6.45, 7) is 0. The molecule has 0 saturated carbocycles. The number of hydrogen-bond acceptors (Lipinski definition) is 2. The Morgan fingerprint density at radius 2 is 0.750 bits per heavy atom. The number of rotatable bonds is 0. The maximum atomic E-state index is 8.38. The van der Waals surface area contributed by atoms with Crippen molar-refractivity contribution in [2.75, 3.05) is 0 Å². The molecule has 0 unspecified atom stereocenters. The first kappa shape index (κ1) is 41.1. The van der Waals surface area contributed by atoms with E-state index < -0.39 is 0 Å². The van der Waals surface area contributed by atoms with Gasteiger partial charge in [0.15, 0.2) is 17.4 Å². The summed E-state index contributed by atoms with van der Waals surface area (Å²) in [4.78, 5) is 0. The van der Waals surface area contributed by atoms with E-state index in [9.17, 15) is 0 Å². The van der Waals surface area contributed by atoms with Gasteiger partial charge in [-0.15, -0.1) is 0 Å². The van der Waals surface area contributed by atoms with E-state index in [1.165, 1.54) is 0 Å². The molecule has 8 heavy (non-hydrogen) atoms. The van der Waals surface area contributed by atoms with Crippen LogP contribution in [0.25, 0.3) is 0 Å². The van der Waals surface area contributed by atoms with Gasteiger partial charge in [-0.05, 0) is 0 Å². The molecule has 0 aromatic heterocycles. The molecular weight excluding hydrogens is 489 g/mol. The van der Waals surface area contributed by atoms with Gasteiger partial charge in [0, 0.05) is 0 Å². The van der Waals surface area contributed by atoms with E-state index in [0.717, 1.165) is 0 Å². The first-order valence-corrected chi connectivity index (χ1v) is 3.00. The van der Waals surface area contributed by atoms with E-state index in [4.69, 9.17) is 7.15 Å². The Morgan fingerprint density at radius 1 is 0.750 bits per heavy atom. The molecule has 0 rings (SSSR count). The molecule has 0 heterocycles. The molecule has 8 heteroatoms. The molecule has 0 atom stereocenters. The van der Waals surface area contributed by atoms with Crippen molar-refractivity contribution in [1.29, 1.82) is 0 Å². The maximum absolute atomic E-state index is 8.38. The van der Waals surface area contributed by atoms with Gasteiger partial charge in [-0.2, -0.15) is 0 Å². The summed E-state index contributed by atoms with van der Waals surface area (Å²) in [5, 5.41) is 0. The first-order valence-electron chi connectivity index (χ1n) is 0.577. The van der Waals surface area contributed by atoms with Crippen LogP contribution in [0.5, 0.6) is 0 Å². The van der Waals surface area contributed by atoms with Crippen molar-refractivity contribution in [2.24, 2.45) is 0 Å². The van der Waals surface area contributed by atoms with Crippen LogP contribution < -0.4 is 0 Å². The zero-order chi connectivity index (χ0) is 4.00. The van der Waals surface area contributed by atoms with Crippen LogP contribution in [0.1, 0.15) is 0 Å². The van der Waals surface area contributed by atoms with Crippen LogP contribution >= 0.6 is 0 Å². The molecule has 0 radical (unpaired) electrons. The Balaban J connectivity index is -0.00000000167. The summed E-state index contributed by atoms with van der Waals surface area (Å²) in [6.07, 6.45) is 0. The van der Waals surface area contributed by atoms with E-state index in [2.05, 4.69) is 0 Å². The van der Waals surface area contributed by atoms with E-state index in [1.807, 2.05) is 0 Å². The van der Waals surface area contributed by atoms with Crippen LogP contribution in [0, 0.1) is 0 Å². The summed E-state index contributed by atoms with van der Waals surface area (Å²) < 4.78 is 16.8. The molecule has 0 aromatic rings. The topological polar surface area (TPSA) is 34.1 Å². The fourth-order valence-electron chi connectivity index (χ4n) is 0. The van der Waals surface area contributed by atoms with E-state index in [-0.39, 0.29) is 125 Å². The minimum absolute atomic E-state index is 0. The van der Waals surface area contributed by atoms with Crippen molar-refractivity contribution < 1.29 is 43.7 Å². The Labute approximate surface area is 130 Å². The average molecular weight is 501 g/mol. The third kappa shape index (κ3) is 53.0. The van der Waals surface area contributed by atoms with Gasteiger partial charge >= 0.3 is 115 Å². The summed E-state index contributed by atoms with van der Waals surface area (Å²) in [7, 11) is 0. The third-order valence-electron chi connectivity index (χ3n) is 0. The van der Waals surface area contributed by atoms with Crippen LogP contribution in [-0.2, 0) is 43.7 Å². The van der Waals surface area contributed by atoms with Crippen molar-refractivity contribution >= 4 is 88.8 Å². The first-order chi connectivity index (χ1) is 2.00. The van der Waals surface area contributed by atoms with Gasteiger partial charge < -0.3 is 0 Å². The molecule has 0 aromatic carbocycles. The molecule has 40 valence electrons. The Kier molecular flexibility index (Phi) is 372. The number of hydrogen-bond donors (Lipinski definition) is 0. The van der Waals surface area contributed by atoms with Crippen molar-refractivity contribution in [3.8, 4) is 0 Å². The fraction of sp³-hybridized carbons (Fsp3) is 0. The second kappa shape index (κ2) is 72.6. The molecule has 0 aliphatic rings. The second-order valence-corrected chi connectivity index (χ2v) is 0. The summed E-state index contributed by atoms with van der Waals surface area (Å²) >= 11 is 0.250. The predicted molar refractivity (Wildman–Crippen MR) is 41.1 cm³/mol. The second-order valence-electron chi connectivity index (χ2n) is 0. The summed E-state index contributed by atoms with van der Waals surface area (Å²) in [5.74, 6) is 0. The van der Waals surface area contributed by atoms with Gasteiger partial charge in [0.25, 0.3) is 0 Å². The van der Waals surface area contributed by atoms with E-state index in [0.29, 0.717) is 0 Å². The molecule has 2 nitrogen and oxygen atoms in total. The molecule has 0 bridgehead atoms. The van der Waals surface area contributed by atoms with Crippen LogP contribution in [0.15, 0.2) is 0 Å². The molecule has 0 fully saturated rings. The van der Waals surface area contributed by atoms with Gasteiger partial charge in [0.05, 0.1) is 0 Å². The Bertz CT molecular complexity index is 20.0. The molecule has 0 aliphatic carbocycles. The average Bonchev–Trinajstić information content (AvgIpc) is 1.50. The zero-order valence-electron chi connectivity index (χ0n) is 2.23. The van der Waals surface area contributed by atoms with Gasteiger partial charge in [-0.1, -0.05) is 0 Å². The summed E-state index contributed by atoms with van der Waals surface area (Å²) in [6, 6.07) is 0. The zero-order valence-corrected chi connectivity index (χ0v) is 8.16. The van der Waals surface area contributed by atoms with Crippen LogP contribution in [-0.4, -0.2) is 88.8 Å². The summed E-state index contributed by atoms with van der Waals surface area (Å²) in [5.41, 5.74) is 0. The quantitative estimate of drug-likeness (QED) is 0.312. The van der Waals surface area contributed by atoms with Crippen molar-refractivity contribution in [3.63, 3.8) is 0 Å². The standard InChI is InChI=1S/Al.Ga.2In.2O.2Zn.12H. The predicted octanol–water partition coefficient (Wildman–Crippen LogP) is -4.98. The van der Waals surface area contributed by atoms with Crippen LogP contribution in [0.2, 0.25) is 0 Å². The Hall–Kier alpha value is 3.76. The molecule has 0 aliphatic heterocycles. The molecular formula is H12AlGaIn2O2Zn2. The van der Waals surface area contributed by atoms with Crippen molar-refractivity contribution in [3.05, 3.63) is 0 Å². The SMILES string of the molecule is [AlH3].[GaH3].[InH3].[InH3].[O]=[Zn].[O]=[Zn]. The van der Waals surface area contributed by atoms with Gasteiger partial charge in [0.2, 0.25) is 0 Å². The molecule has 0 amide bonds. The van der Waals surface area contributed by atoms with Crippen molar-refractivity contribution in [2.45, 2.75) is 0 Å². The fourth-order valence-corrected chi connectivity index (χ4v) is 0. The normalized spacial score (nSPS) is 1.50. The molecule has 0 saturated heterocycles. The van der Waals surface area contributed by atoms with Gasteiger partial charge in [-0.3, -0.25) is 0 Å². The van der Waals surface area contributed by atoms with Crippen molar-refractivity contribution in [1.82, 2.24) is 0 Å². The Morgan fingerprint density at radius 3 is 0.750 bits per heavy atom. The van der Waals surface area contributed by atoms with Crippen LogP contribution in [0.4, 0.5) is 0 Å². The van der Waals surface area contributed by atoms with Gasteiger partial charge in [0.1, 0.15) is 0 Å². The van der Waals surface area contributed by atoms with Gasteiger partial charge in [-0.25, -0.2) is 0 Å².